The van der Waals surface area contributed by atoms with Gasteiger partial charge >= 0.3 is 0 Å². The fourth-order valence-corrected chi connectivity index (χ4v) is 3.03. The normalized spacial score (nSPS) is 10.6. The van der Waals surface area contributed by atoms with E-state index in [0.717, 1.165) is 4.96 Å². The topological polar surface area (TPSA) is 84.7 Å². The van der Waals surface area contributed by atoms with Gasteiger partial charge in [-0.2, -0.15) is 0 Å². The number of methoxy groups -OCH3 is 1. The van der Waals surface area contributed by atoms with E-state index in [1.165, 1.54) is 25.4 Å². The molecule has 2 amide bonds. The molecule has 0 saturated heterocycles. The summed E-state index contributed by atoms with van der Waals surface area (Å²) in [5.41, 5.74) is 1.77. The molecular formula is C16H16N4O3S. The lowest BCUT2D eigenvalue weighted by molar-refractivity contribution is -0.116. The number of hydrogen-bond donors (Lipinski definition) is 2. The highest BCUT2D eigenvalue weighted by Crippen LogP contribution is 2.28. The molecule has 0 spiro atoms. The van der Waals surface area contributed by atoms with Gasteiger partial charge < -0.3 is 15.4 Å². The third kappa shape index (κ3) is 3.54. The zero-order valence-corrected chi connectivity index (χ0v) is 14.0. The maximum Gasteiger partial charge on any atom is 0.230 e. The van der Waals surface area contributed by atoms with Crippen molar-refractivity contribution in [2.75, 3.05) is 17.7 Å². The molecular weight excluding hydrogens is 328 g/mol. The van der Waals surface area contributed by atoms with Crippen molar-refractivity contribution in [3.8, 4) is 5.75 Å². The van der Waals surface area contributed by atoms with Crippen LogP contribution in [0.2, 0.25) is 0 Å². The molecule has 2 heterocycles. The quantitative estimate of drug-likeness (QED) is 0.745. The van der Waals surface area contributed by atoms with Crippen LogP contribution in [0, 0.1) is 0 Å². The van der Waals surface area contributed by atoms with E-state index in [1.54, 1.807) is 18.2 Å². The van der Waals surface area contributed by atoms with Crippen LogP contribution in [0.1, 0.15) is 12.6 Å². The van der Waals surface area contributed by atoms with E-state index in [2.05, 4.69) is 15.6 Å². The van der Waals surface area contributed by atoms with Crippen LogP contribution in [0.5, 0.6) is 5.75 Å². The predicted molar refractivity (Wildman–Crippen MR) is 92.7 cm³/mol. The number of benzene rings is 1. The second-order valence-electron chi connectivity index (χ2n) is 5.15. The van der Waals surface area contributed by atoms with Crippen LogP contribution in [0.15, 0.2) is 36.0 Å². The highest BCUT2D eigenvalue weighted by atomic mass is 32.1. The maximum absolute atomic E-state index is 12.3. The van der Waals surface area contributed by atoms with Crippen molar-refractivity contribution in [2.24, 2.45) is 0 Å². The van der Waals surface area contributed by atoms with Gasteiger partial charge in [0.2, 0.25) is 11.8 Å². The number of carbonyl (C=O) groups excluding carboxylic acids is 2. The fourth-order valence-electron chi connectivity index (χ4n) is 2.31. The molecule has 0 aliphatic carbocycles. The van der Waals surface area contributed by atoms with Crippen molar-refractivity contribution in [1.82, 2.24) is 9.38 Å². The molecule has 3 aromatic rings. The summed E-state index contributed by atoms with van der Waals surface area (Å²) in [6, 6.07) is 5.05. The minimum Gasteiger partial charge on any atom is -0.495 e. The third-order valence-corrected chi connectivity index (χ3v) is 4.05. The summed E-state index contributed by atoms with van der Waals surface area (Å²) in [5, 5.41) is 7.41. The van der Waals surface area contributed by atoms with Crippen molar-refractivity contribution < 1.29 is 14.3 Å². The van der Waals surface area contributed by atoms with Crippen LogP contribution in [0.3, 0.4) is 0 Å². The Morgan fingerprint density at radius 1 is 1.33 bits per heavy atom. The first kappa shape index (κ1) is 16.0. The van der Waals surface area contributed by atoms with E-state index in [0.29, 0.717) is 22.8 Å². The van der Waals surface area contributed by atoms with Gasteiger partial charge in [0.15, 0.2) is 4.96 Å². The van der Waals surface area contributed by atoms with Crippen LogP contribution >= 0.6 is 11.3 Å². The Bertz CT molecular complexity index is 871. The van der Waals surface area contributed by atoms with Gasteiger partial charge in [0.25, 0.3) is 0 Å². The Hall–Kier alpha value is -2.87. The molecule has 0 unspecified atom stereocenters. The molecule has 0 fully saturated rings. The van der Waals surface area contributed by atoms with Gasteiger partial charge in [-0.3, -0.25) is 14.0 Å². The summed E-state index contributed by atoms with van der Waals surface area (Å²) < 4.78 is 7.13. The SMILES string of the molecule is COc1ccc(NC(C)=O)cc1NC(=O)Cc1cn2ccsc2n1. The molecule has 0 aliphatic heterocycles. The van der Waals surface area contributed by atoms with Gasteiger partial charge in [0.05, 0.1) is 24.9 Å². The van der Waals surface area contributed by atoms with Crippen LogP contribution < -0.4 is 15.4 Å². The maximum atomic E-state index is 12.3. The summed E-state index contributed by atoms with van der Waals surface area (Å²) in [6.07, 6.45) is 3.88. The van der Waals surface area contributed by atoms with E-state index in [1.807, 2.05) is 22.2 Å². The van der Waals surface area contributed by atoms with Crippen LogP contribution in [-0.2, 0) is 16.0 Å². The molecule has 0 aliphatic rings. The summed E-state index contributed by atoms with van der Waals surface area (Å²) in [7, 11) is 1.52. The van der Waals surface area contributed by atoms with Crippen molar-refractivity contribution in [1.29, 1.82) is 0 Å². The smallest absolute Gasteiger partial charge is 0.230 e. The number of nitrogens with zero attached hydrogens (tertiary/aromatic N) is 2. The van der Waals surface area contributed by atoms with E-state index in [4.69, 9.17) is 4.74 Å². The second-order valence-corrected chi connectivity index (χ2v) is 6.02. The summed E-state index contributed by atoms with van der Waals surface area (Å²) in [4.78, 5) is 28.7. The van der Waals surface area contributed by atoms with E-state index >= 15 is 0 Å². The number of rotatable bonds is 5. The van der Waals surface area contributed by atoms with Crippen molar-refractivity contribution in [3.63, 3.8) is 0 Å². The molecule has 2 aromatic heterocycles. The van der Waals surface area contributed by atoms with Crippen molar-refractivity contribution in [2.45, 2.75) is 13.3 Å². The average Bonchev–Trinajstić information content (AvgIpc) is 3.08. The summed E-state index contributed by atoms with van der Waals surface area (Å²) >= 11 is 1.51. The molecule has 0 atom stereocenters. The lowest BCUT2D eigenvalue weighted by Gasteiger charge is -2.12. The summed E-state index contributed by atoms with van der Waals surface area (Å²) in [6.45, 7) is 1.42. The number of fused-ring (bicyclic) bond motifs is 1. The molecule has 2 N–H and O–H groups in total. The third-order valence-electron chi connectivity index (χ3n) is 3.28. The standard InChI is InChI=1S/C16H16N4O3S/c1-10(21)17-11-3-4-14(23-2)13(7-11)19-15(22)8-12-9-20-5-6-24-16(20)18-12/h3-7,9H,8H2,1-2H3,(H,17,21)(H,19,22). The zero-order valence-electron chi connectivity index (χ0n) is 13.2. The Labute approximate surface area is 142 Å². The van der Waals surface area contributed by atoms with E-state index in [9.17, 15) is 9.59 Å². The van der Waals surface area contributed by atoms with Gasteiger partial charge in [-0.1, -0.05) is 0 Å². The van der Waals surface area contributed by atoms with Gasteiger partial charge in [-0.25, -0.2) is 4.98 Å². The fraction of sp³-hybridized carbons (Fsp3) is 0.188. The van der Waals surface area contributed by atoms with Crippen molar-refractivity contribution >= 4 is 39.5 Å². The van der Waals surface area contributed by atoms with Gasteiger partial charge in [-0.15, -0.1) is 11.3 Å². The number of anilines is 2. The van der Waals surface area contributed by atoms with E-state index in [-0.39, 0.29) is 18.2 Å². The van der Waals surface area contributed by atoms with E-state index < -0.39 is 0 Å². The average molecular weight is 344 g/mol. The molecule has 8 heteroatoms. The second kappa shape index (κ2) is 6.71. The molecule has 0 saturated carbocycles. The number of amides is 2. The Morgan fingerprint density at radius 2 is 2.17 bits per heavy atom. The molecule has 7 nitrogen and oxygen atoms in total. The predicted octanol–water partition coefficient (Wildman–Crippen LogP) is 2.54. The minimum atomic E-state index is -0.209. The number of nitrogens with one attached hydrogen (secondary N) is 2. The number of thiazole rings is 1. The molecule has 0 radical (unpaired) electrons. The molecule has 0 bridgehead atoms. The van der Waals surface area contributed by atoms with Crippen LogP contribution in [-0.4, -0.2) is 28.3 Å². The monoisotopic (exact) mass is 344 g/mol. The van der Waals surface area contributed by atoms with Crippen LogP contribution in [0.25, 0.3) is 4.96 Å². The summed E-state index contributed by atoms with van der Waals surface area (Å²) in [5.74, 6) is 0.123. The highest BCUT2D eigenvalue weighted by Gasteiger charge is 2.12. The van der Waals surface area contributed by atoms with Gasteiger partial charge in [0, 0.05) is 30.4 Å². The number of hydrogen-bond acceptors (Lipinski definition) is 5. The van der Waals surface area contributed by atoms with Gasteiger partial charge in [-0.05, 0) is 18.2 Å². The lowest BCUT2D eigenvalue weighted by Crippen LogP contribution is -2.15. The zero-order chi connectivity index (χ0) is 17.1. The number of ether oxygens (including phenoxy) is 1. The lowest BCUT2D eigenvalue weighted by atomic mass is 10.2. The molecule has 1 aromatic carbocycles. The number of aromatic nitrogens is 2. The Kier molecular flexibility index (Phi) is 4.48. The first-order chi connectivity index (χ1) is 11.5. The number of imidazole rings is 1. The first-order valence-corrected chi connectivity index (χ1v) is 8.09. The highest BCUT2D eigenvalue weighted by molar-refractivity contribution is 7.15. The molecule has 124 valence electrons. The van der Waals surface area contributed by atoms with Gasteiger partial charge in [0.1, 0.15) is 5.75 Å². The van der Waals surface area contributed by atoms with Crippen molar-refractivity contribution in [3.05, 3.63) is 41.7 Å². The first-order valence-electron chi connectivity index (χ1n) is 7.21. The Balaban J connectivity index is 1.74. The Morgan fingerprint density at radius 3 is 2.88 bits per heavy atom. The minimum absolute atomic E-state index is 0.155. The molecule has 3 rings (SSSR count). The van der Waals surface area contributed by atoms with Crippen LogP contribution in [0.4, 0.5) is 11.4 Å². The largest absolute Gasteiger partial charge is 0.495 e. The number of carbonyl (C=O) groups is 2. The molecule has 24 heavy (non-hydrogen) atoms.